The van der Waals surface area contributed by atoms with Crippen molar-refractivity contribution in [2.24, 2.45) is 0 Å². The molecule has 0 unspecified atom stereocenters. The first-order chi connectivity index (χ1) is 12.7. The topological polar surface area (TPSA) is 74.4 Å². The van der Waals surface area contributed by atoms with Crippen molar-refractivity contribution in [2.45, 2.75) is 6.42 Å². The standard InChI is InChI=1S/C19H21N5O2/c1-26-15-4-5-16-14(12-15)13-17(22-16)18(25)23-8-3-9-24(11-10-23)19-20-6-2-7-21-19/h2,4-7,12-13,22H,3,8-11H2,1H3. The number of carbonyl (C=O) groups excluding carboxylic acids is 1. The van der Waals surface area contributed by atoms with Gasteiger partial charge in [-0.15, -0.1) is 0 Å². The Morgan fingerprint density at radius 2 is 1.96 bits per heavy atom. The molecular weight excluding hydrogens is 330 g/mol. The maximum Gasteiger partial charge on any atom is 0.270 e. The lowest BCUT2D eigenvalue weighted by molar-refractivity contribution is 0.0762. The van der Waals surface area contributed by atoms with E-state index in [4.69, 9.17) is 4.74 Å². The average Bonchev–Trinajstić information content (AvgIpc) is 2.96. The van der Waals surface area contributed by atoms with Crippen LogP contribution in [-0.2, 0) is 0 Å². The summed E-state index contributed by atoms with van der Waals surface area (Å²) >= 11 is 0. The number of carbonyl (C=O) groups is 1. The maximum atomic E-state index is 12.9. The monoisotopic (exact) mass is 351 g/mol. The number of nitrogens with zero attached hydrogens (tertiary/aromatic N) is 4. The number of fused-ring (bicyclic) bond motifs is 1. The van der Waals surface area contributed by atoms with E-state index in [0.717, 1.165) is 48.7 Å². The molecule has 134 valence electrons. The van der Waals surface area contributed by atoms with Crippen LogP contribution in [0.4, 0.5) is 5.95 Å². The van der Waals surface area contributed by atoms with E-state index >= 15 is 0 Å². The van der Waals surface area contributed by atoms with Crippen LogP contribution in [-0.4, -0.2) is 59.0 Å². The van der Waals surface area contributed by atoms with E-state index in [-0.39, 0.29) is 5.91 Å². The molecule has 2 aromatic heterocycles. The van der Waals surface area contributed by atoms with Crippen molar-refractivity contribution in [3.63, 3.8) is 0 Å². The molecule has 1 amide bonds. The molecule has 1 saturated heterocycles. The average molecular weight is 351 g/mol. The first kappa shape index (κ1) is 16.4. The highest BCUT2D eigenvalue weighted by Crippen LogP contribution is 2.22. The Morgan fingerprint density at radius 1 is 1.12 bits per heavy atom. The molecular formula is C19H21N5O2. The van der Waals surface area contributed by atoms with Crippen LogP contribution in [0.1, 0.15) is 16.9 Å². The van der Waals surface area contributed by atoms with Crippen molar-refractivity contribution in [1.29, 1.82) is 0 Å². The van der Waals surface area contributed by atoms with Crippen LogP contribution < -0.4 is 9.64 Å². The van der Waals surface area contributed by atoms with Crippen LogP contribution >= 0.6 is 0 Å². The number of hydrogen-bond acceptors (Lipinski definition) is 5. The fourth-order valence-electron chi connectivity index (χ4n) is 3.30. The van der Waals surface area contributed by atoms with Gasteiger partial charge in [0.25, 0.3) is 5.91 Å². The van der Waals surface area contributed by atoms with Crippen LogP contribution in [0.15, 0.2) is 42.7 Å². The van der Waals surface area contributed by atoms with Crippen LogP contribution in [0.25, 0.3) is 10.9 Å². The van der Waals surface area contributed by atoms with Crippen LogP contribution in [0.2, 0.25) is 0 Å². The molecule has 4 rings (SSSR count). The summed E-state index contributed by atoms with van der Waals surface area (Å²) < 4.78 is 5.25. The van der Waals surface area contributed by atoms with Gasteiger partial charge in [-0.25, -0.2) is 9.97 Å². The second kappa shape index (κ2) is 7.03. The minimum Gasteiger partial charge on any atom is -0.497 e. The van der Waals surface area contributed by atoms with Crippen molar-refractivity contribution >= 4 is 22.8 Å². The van der Waals surface area contributed by atoms with E-state index in [1.807, 2.05) is 35.2 Å². The van der Waals surface area contributed by atoms with Gasteiger partial charge in [-0.3, -0.25) is 4.79 Å². The van der Waals surface area contributed by atoms with Crippen molar-refractivity contribution in [2.75, 3.05) is 38.2 Å². The Kier molecular flexibility index (Phi) is 4.43. The van der Waals surface area contributed by atoms with Gasteiger partial charge < -0.3 is 19.5 Å². The molecule has 1 aliphatic rings. The smallest absolute Gasteiger partial charge is 0.270 e. The number of anilines is 1. The summed E-state index contributed by atoms with van der Waals surface area (Å²) in [7, 11) is 1.64. The van der Waals surface area contributed by atoms with Crippen molar-refractivity contribution in [3.8, 4) is 5.75 Å². The van der Waals surface area contributed by atoms with Gasteiger partial charge in [-0.1, -0.05) is 0 Å². The third-order valence-corrected chi connectivity index (χ3v) is 4.68. The Labute approximate surface area is 151 Å². The van der Waals surface area contributed by atoms with Crippen LogP contribution in [0, 0.1) is 0 Å². The molecule has 1 aromatic carbocycles. The van der Waals surface area contributed by atoms with Gasteiger partial charge in [-0.2, -0.15) is 0 Å². The summed E-state index contributed by atoms with van der Waals surface area (Å²) in [5.74, 6) is 1.53. The summed E-state index contributed by atoms with van der Waals surface area (Å²) in [6.45, 7) is 2.94. The third-order valence-electron chi connectivity index (χ3n) is 4.68. The Balaban J connectivity index is 1.50. The van der Waals surface area contributed by atoms with Crippen molar-refractivity contribution < 1.29 is 9.53 Å². The fourth-order valence-corrected chi connectivity index (χ4v) is 3.30. The third kappa shape index (κ3) is 3.20. The Morgan fingerprint density at radius 3 is 2.77 bits per heavy atom. The summed E-state index contributed by atoms with van der Waals surface area (Å²) in [5.41, 5.74) is 1.54. The normalized spacial score (nSPS) is 15.1. The van der Waals surface area contributed by atoms with Gasteiger partial charge in [0.2, 0.25) is 5.95 Å². The molecule has 0 spiro atoms. The van der Waals surface area contributed by atoms with Gasteiger partial charge in [-0.05, 0) is 36.8 Å². The van der Waals surface area contributed by atoms with E-state index in [9.17, 15) is 4.79 Å². The molecule has 26 heavy (non-hydrogen) atoms. The predicted molar refractivity (Wildman–Crippen MR) is 99.6 cm³/mol. The number of H-pyrrole nitrogens is 1. The minimum atomic E-state index is 0.0241. The second-order valence-corrected chi connectivity index (χ2v) is 6.32. The number of nitrogens with one attached hydrogen (secondary N) is 1. The molecule has 1 fully saturated rings. The number of benzene rings is 1. The van der Waals surface area contributed by atoms with Gasteiger partial charge >= 0.3 is 0 Å². The number of aromatic amines is 1. The summed E-state index contributed by atoms with van der Waals surface area (Å²) in [6.07, 6.45) is 4.38. The molecule has 0 atom stereocenters. The molecule has 3 aromatic rings. The van der Waals surface area contributed by atoms with E-state index in [1.54, 1.807) is 19.5 Å². The largest absolute Gasteiger partial charge is 0.497 e. The van der Waals surface area contributed by atoms with E-state index in [2.05, 4.69) is 19.9 Å². The highest BCUT2D eigenvalue weighted by atomic mass is 16.5. The molecule has 1 N–H and O–H groups in total. The molecule has 7 nitrogen and oxygen atoms in total. The number of aromatic nitrogens is 3. The number of methoxy groups -OCH3 is 1. The Hall–Kier alpha value is -3.09. The first-order valence-electron chi connectivity index (χ1n) is 8.72. The summed E-state index contributed by atoms with van der Waals surface area (Å²) in [5, 5.41) is 0.974. The molecule has 1 aliphatic heterocycles. The molecule has 0 aliphatic carbocycles. The molecule has 0 bridgehead atoms. The SMILES string of the molecule is COc1ccc2[nH]c(C(=O)N3CCCN(c4ncccn4)CC3)cc2c1. The van der Waals surface area contributed by atoms with E-state index in [0.29, 0.717) is 12.2 Å². The maximum absolute atomic E-state index is 12.9. The van der Waals surface area contributed by atoms with Gasteiger partial charge in [0.15, 0.2) is 0 Å². The second-order valence-electron chi connectivity index (χ2n) is 6.32. The number of ether oxygens (including phenoxy) is 1. The number of amides is 1. The lowest BCUT2D eigenvalue weighted by Gasteiger charge is -2.21. The zero-order valence-electron chi connectivity index (χ0n) is 14.7. The lowest BCUT2D eigenvalue weighted by Crippen LogP contribution is -2.35. The quantitative estimate of drug-likeness (QED) is 0.784. The zero-order valence-corrected chi connectivity index (χ0v) is 14.7. The van der Waals surface area contributed by atoms with Gasteiger partial charge in [0, 0.05) is 49.5 Å². The van der Waals surface area contributed by atoms with Crippen LogP contribution in [0.3, 0.4) is 0 Å². The Bertz CT molecular complexity index is 909. The first-order valence-corrected chi connectivity index (χ1v) is 8.72. The molecule has 7 heteroatoms. The molecule has 0 radical (unpaired) electrons. The molecule has 3 heterocycles. The molecule has 0 saturated carbocycles. The van der Waals surface area contributed by atoms with Crippen LogP contribution in [0.5, 0.6) is 5.75 Å². The highest BCUT2D eigenvalue weighted by Gasteiger charge is 2.22. The predicted octanol–water partition coefficient (Wildman–Crippen LogP) is 2.32. The minimum absolute atomic E-state index is 0.0241. The summed E-state index contributed by atoms with van der Waals surface area (Å²) in [4.78, 5) is 28.8. The number of rotatable bonds is 3. The zero-order chi connectivity index (χ0) is 17.9. The van der Waals surface area contributed by atoms with Gasteiger partial charge in [0.05, 0.1) is 7.11 Å². The summed E-state index contributed by atoms with van der Waals surface area (Å²) in [6, 6.07) is 9.45. The fraction of sp³-hybridized carbons (Fsp3) is 0.316. The van der Waals surface area contributed by atoms with Gasteiger partial charge in [0.1, 0.15) is 11.4 Å². The van der Waals surface area contributed by atoms with E-state index < -0.39 is 0 Å². The van der Waals surface area contributed by atoms with Crippen molar-refractivity contribution in [3.05, 3.63) is 48.4 Å². The highest BCUT2D eigenvalue weighted by molar-refractivity contribution is 5.98. The van der Waals surface area contributed by atoms with E-state index in [1.165, 1.54) is 0 Å². The van der Waals surface area contributed by atoms with Crippen molar-refractivity contribution in [1.82, 2.24) is 19.9 Å². The lowest BCUT2D eigenvalue weighted by atomic mass is 10.2. The number of hydrogen-bond donors (Lipinski definition) is 1.